The van der Waals surface area contributed by atoms with Gasteiger partial charge in [-0.25, -0.2) is 4.79 Å². The molecule has 4 rings (SSSR count). The van der Waals surface area contributed by atoms with Gasteiger partial charge in [-0.2, -0.15) is 0 Å². The van der Waals surface area contributed by atoms with Gasteiger partial charge < -0.3 is 20.6 Å². The van der Waals surface area contributed by atoms with Crippen LogP contribution in [-0.2, 0) is 16.2 Å². The molecule has 0 radical (unpaired) electrons. The number of piperidine rings is 1. The Labute approximate surface area is 177 Å². The van der Waals surface area contributed by atoms with Crippen LogP contribution in [0.3, 0.4) is 0 Å². The Morgan fingerprint density at radius 2 is 2.03 bits per heavy atom. The molecule has 0 bridgehead atoms. The lowest BCUT2D eigenvalue weighted by Crippen LogP contribution is -2.47. The number of benzene rings is 1. The van der Waals surface area contributed by atoms with E-state index in [1.54, 1.807) is 40.5 Å². The maximum absolute atomic E-state index is 12.4. The SMILES string of the molecule is NCc1cccs1.O=C(O)C1=NOC2(CCN(C(=O)c3cccc(Cl)c3)CC2)C1. The predicted molar refractivity (Wildman–Crippen MR) is 112 cm³/mol. The molecule has 3 heterocycles. The molecule has 1 amide bonds. The summed E-state index contributed by atoms with van der Waals surface area (Å²) in [5, 5.41) is 15.2. The van der Waals surface area contributed by atoms with Crippen molar-refractivity contribution in [3.8, 4) is 0 Å². The smallest absolute Gasteiger partial charge is 0.353 e. The van der Waals surface area contributed by atoms with Crippen LogP contribution in [0.25, 0.3) is 0 Å². The first-order valence-electron chi connectivity index (χ1n) is 9.18. The van der Waals surface area contributed by atoms with Crippen LogP contribution >= 0.6 is 22.9 Å². The molecule has 3 N–H and O–H groups in total. The number of hydrogen-bond acceptors (Lipinski definition) is 6. The van der Waals surface area contributed by atoms with Crippen LogP contribution < -0.4 is 5.73 Å². The number of rotatable bonds is 3. The normalized spacial score (nSPS) is 17.2. The molecule has 1 fully saturated rings. The topological polar surface area (TPSA) is 105 Å². The highest BCUT2D eigenvalue weighted by Crippen LogP contribution is 2.35. The van der Waals surface area contributed by atoms with Gasteiger partial charge in [-0.05, 0) is 29.6 Å². The van der Waals surface area contributed by atoms with Gasteiger partial charge in [0.15, 0.2) is 5.71 Å². The fourth-order valence-corrected chi connectivity index (χ4v) is 4.03. The van der Waals surface area contributed by atoms with Crippen molar-refractivity contribution in [3.63, 3.8) is 0 Å². The molecular weight excluding hydrogens is 414 g/mol. The summed E-state index contributed by atoms with van der Waals surface area (Å²) in [6, 6.07) is 10.9. The van der Waals surface area contributed by atoms with Gasteiger partial charge in [0.1, 0.15) is 5.60 Å². The number of carbonyl (C=O) groups excluding carboxylic acids is 1. The summed E-state index contributed by atoms with van der Waals surface area (Å²) in [4.78, 5) is 31.7. The summed E-state index contributed by atoms with van der Waals surface area (Å²) in [5.41, 5.74) is 5.34. The van der Waals surface area contributed by atoms with E-state index in [2.05, 4.69) is 5.16 Å². The van der Waals surface area contributed by atoms with Crippen molar-refractivity contribution in [1.82, 2.24) is 4.90 Å². The van der Waals surface area contributed by atoms with Crippen LogP contribution in [-0.4, -0.2) is 46.3 Å². The standard InChI is InChI=1S/C15H15ClN2O4.C5H7NS/c16-11-3-1-2-10(8-11)13(19)18-6-4-15(5-7-18)9-12(14(20)21)17-22-15;6-4-5-2-1-3-7-5/h1-3,8H,4-7,9H2,(H,20,21);1-3H,4,6H2. The fraction of sp³-hybridized carbons (Fsp3) is 0.350. The van der Waals surface area contributed by atoms with E-state index in [-0.39, 0.29) is 11.6 Å². The number of nitrogens with zero attached hydrogens (tertiary/aromatic N) is 2. The van der Waals surface area contributed by atoms with E-state index >= 15 is 0 Å². The van der Waals surface area contributed by atoms with Gasteiger partial charge >= 0.3 is 5.97 Å². The largest absolute Gasteiger partial charge is 0.477 e. The minimum absolute atomic E-state index is 0.0506. The number of amides is 1. The van der Waals surface area contributed by atoms with Gasteiger partial charge in [-0.15, -0.1) is 11.3 Å². The Balaban J connectivity index is 0.000000290. The fourth-order valence-electron chi connectivity index (χ4n) is 3.25. The number of carbonyl (C=O) groups is 2. The molecule has 0 aliphatic carbocycles. The third-order valence-corrected chi connectivity index (χ3v) is 6.03. The van der Waals surface area contributed by atoms with E-state index in [1.165, 1.54) is 4.88 Å². The number of carboxylic acid groups (broad SMARTS) is 1. The Kier molecular flexibility index (Phi) is 6.89. The molecule has 9 heteroatoms. The molecule has 1 spiro atoms. The van der Waals surface area contributed by atoms with Crippen LogP contribution in [0.5, 0.6) is 0 Å². The highest BCUT2D eigenvalue weighted by atomic mass is 35.5. The van der Waals surface area contributed by atoms with E-state index in [4.69, 9.17) is 27.3 Å². The molecule has 154 valence electrons. The van der Waals surface area contributed by atoms with Crippen LogP contribution in [0, 0.1) is 0 Å². The monoisotopic (exact) mass is 435 g/mol. The van der Waals surface area contributed by atoms with E-state index in [0.717, 1.165) is 0 Å². The van der Waals surface area contributed by atoms with Gasteiger partial charge in [0.05, 0.1) is 0 Å². The summed E-state index contributed by atoms with van der Waals surface area (Å²) >= 11 is 7.61. The summed E-state index contributed by atoms with van der Waals surface area (Å²) < 4.78 is 0. The van der Waals surface area contributed by atoms with Crippen molar-refractivity contribution in [2.24, 2.45) is 10.9 Å². The van der Waals surface area contributed by atoms with Gasteiger partial charge in [0.2, 0.25) is 0 Å². The molecular formula is C20H22ClN3O4S. The van der Waals surface area contributed by atoms with Gasteiger partial charge in [0.25, 0.3) is 5.91 Å². The summed E-state index contributed by atoms with van der Waals surface area (Å²) in [6.45, 7) is 1.69. The second-order valence-electron chi connectivity index (χ2n) is 6.88. The first kappa shape index (κ1) is 21.3. The summed E-state index contributed by atoms with van der Waals surface area (Å²) in [6.07, 6.45) is 1.43. The Bertz CT molecular complexity index is 893. The van der Waals surface area contributed by atoms with Crippen LogP contribution in [0.15, 0.2) is 46.9 Å². The van der Waals surface area contributed by atoms with Gasteiger partial charge in [-0.3, -0.25) is 4.79 Å². The number of thiophene rings is 1. The van der Waals surface area contributed by atoms with Gasteiger partial charge in [0, 0.05) is 54.4 Å². The van der Waals surface area contributed by atoms with E-state index in [1.807, 2.05) is 17.5 Å². The Morgan fingerprint density at radius 3 is 2.55 bits per heavy atom. The average Bonchev–Trinajstić information content (AvgIpc) is 3.39. The first-order valence-corrected chi connectivity index (χ1v) is 10.4. The maximum Gasteiger partial charge on any atom is 0.353 e. The number of hydrogen-bond donors (Lipinski definition) is 2. The lowest BCUT2D eigenvalue weighted by molar-refractivity contribution is -0.129. The number of aliphatic carboxylic acids is 1. The van der Waals surface area contributed by atoms with E-state index in [0.29, 0.717) is 49.5 Å². The molecule has 2 aliphatic heterocycles. The second-order valence-corrected chi connectivity index (χ2v) is 8.35. The van der Waals surface area contributed by atoms with Crippen molar-refractivity contribution in [3.05, 3.63) is 57.2 Å². The van der Waals surface area contributed by atoms with Crippen LogP contribution in [0.2, 0.25) is 5.02 Å². The summed E-state index contributed by atoms with van der Waals surface area (Å²) in [7, 11) is 0. The third-order valence-electron chi connectivity index (χ3n) is 4.90. The van der Waals surface area contributed by atoms with Crippen molar-refractivity contribution in [1.29, 1.82) is 0 Å². The zero-order valence-electron chi connectivity index (χ0n) is 15.7. The predicted octanol–water partition coefficient (Wildman–Crippen LogP) is 3.38. The molecule has 0 unspecified atom stereocenters. The van der Waals surface area contributed by atoms with E-state index < -0.39 is 11.6 Å². The Morgan fingerprint density at radius 1 is 1.28 bits per heavy atom. The quantitative estimate of drug-likeness (QED) is 0.768. The molecule has 7 nitrogen and oxygen atoms in total. The van der Waals surface area contributed by atoms with Crippen LogP contribution in [0.4, 0.5) is 0 Å². The number of likely N-dealkylation sites (tertiary alicyclic amines) is 1. The van der Waals surface area contributed by atoms with Crippen molar-refractivity contribution in [2.75, 3.05) is 13.1 Å². The highest BCUT2D eigenvalue weighted by Gasteiger charge is 2.44. The average molecular weight is 436 g/mol. The number of nitrogens with two attached hydrogens (primary N) is 1. The van der Waals surface area contributed by atoms with Crippen molar-refractivity contribution in [2.45, 2.75) is 31.4 Å². The lowest BCUT2D eigenvalue weighted by Gasteiger charge is -2.37. The molecule has 0 atom stereocenters. The molecule has 1 saturated heterocycles. The maximum atomic E-state index is 12.4. The lowest BCUT2D eigenvalue weighted by atomic mass is 9.86. The molecule has 0 saturated carbocycles. The molecule has 2 aromatic rings. The second kappa shape index (κ2) is 9.39. The molecule has 1 aromatic heterocycles. The number of carboxylic acids is 1. The zero-order chi connectivity index (χ0) is 20.9. The van der Waals surface area contributed by atoms with Crippen molar-refractivity contribution >= 4 is 40.5 Å². The zero-order valence-corrected chi connectivity index (χ0v) is 17.3. The van der Waals surface area contributed by atoms with Crippen LogP contribution in [0.1, 0.15) is 34.5 Å². The molecule has 2 aliphatic rings. The third kappa shape index (κ3) is 5.35. The number of oxime groups is 1. The highest BCUT2D eigenvalue weighted by molar-refractivity contribution is 7.09. The van der Waals surface area contributed by atoms with Gasteiger partial charge in [-0.1, -0.05) is 28.9 Å². The summed E-state index contributed by atoms with van der Waals surface area (Å²) in [5.74, 6) is -1.12. The molecule has 1 aromatic carbocycles. The van der Waals surface area contributed by atoms with E-state index in [9.17, 15) is 9.59 Å². The minimum atomic E-state index is -1.05. The number of halogens is 1. The minimum Gasteiger partial charge on any atom is -0.477 e. The van der Waals surface area contributed by atoms with Crippen molar-refractivity contribution < 1.29 is 19.5 Å². The first-order chi connectivity index (χ1) is 13.9. The molecule has 29 heavy (non-hydrogen) atoms. The Hall–Kier alpha value is -2.42.